The summed E-state index contributed by atoms with van der Waals surface area (Å²) in [5.41, 5.74) is 20.2. The molecule has 0 bridgehead atoms. The fraction of sp³-hybridized carbons (Fsp3) is 0.286. The number of benzene rings is 7. The Hall–Kier alpha value is -11.2. The van der Waals surface area contributed by atoms with Crippen LogP contribution in [0.3, 0.4) is 0 Å². The molecule has 15 aromatic rings. The maximum Gasteiger partial charge on any atom is 0.219 e. The average molecular weight is 1420 g/mol. The van der Waals surface area contributed by atoms with Crippen molar-refractivity contribution in [2.75, 3.05) is 70.7 Å². The van der Waals surface area contributed by atoms with Gasteiger partial charge in [-0.25, -0.2) is 18.2 Å². The molecule has 0 aliphatic carbocycles. The third-order valence-corrected chi connectivity index (χ3v) is 22.2. The van der Waals surface area contributed by atoms with Crippen LogP contribution >= 0.6 is 0 Å². The van der Waals surface area contributed by atoms with Gasteiger partial charge in [0, 0.05) is 197 Å². The van der Waals surface area contributed by atoms with Crippen molar-refractivity contribution in [2.45, 2.75) is 88.7 Å². The van der Waals surface area contributed by atoms with Crippen LogP contribution in [0.4, 0.5) is 19.0 Å². The van der Waals surface area contributed by atoms with Crippen molar-refractivity contribution in [3.8, 4) is 50.4 Å². The van der Waals surface area contributed by atoms with Crippen LogP contribution in [0.15, 0.2) is 183 Å². The summed E-state index contributed by atoms with van der Waals surface area (Å²) in [4.78, 5) is 20.8. The highest BCUT2D eigenvalue weighted by Crippen LogP contribution is 2.49. The molecular formula is C84H79F3N14O5. The molecule has 20 rings (SSSR count). The number of halogens is 3. The van der Waals surface area contributed by atoms with E-state index in [0.717, 1.165) is 194 Å². The van der Waals surface area contributed by atoms with Crippen molar-refractivity contribution >= 4 is 77.1 Å². The maximum atomic E-state index is 13.9. The van der Waals surface area contributed by atoms with Gasteiger partial charge in [-0.1, -0.05) is 24.3 Å². The molecule has 0 saturated carbocycles. The molecule has 5 saturated heterocycles. The van der Waals surface area contributed by atoms with Crippen LogP contribution in [0.25, 0.3) is 116 Å². The molecule has 5 aliphatic heterocycles. The first-order valence-corrected chi connectivity index (χ1v) is 36.8. The number of aliphatic hydroxyl groups is 1. The van der Waals surface area contributed by atoms with Gasteiger partial charge in [-0.15, -0.1) is 0 Å². The van der Waals surface area contributed by atoms with Gasteiger partial charge in [-0.05, 0) is 184 Å². The fourth-order valence-electron chi connectivity index (χ4n) is 16.8. The molecule has 0 radical (unpaired) electrons. The molecule has 22 heteroatoms. The molecule has 7 aromatic carbocycles. The number of anilines is 1. The second-order valence-electron chi connectivity index (χ2n) is 28.6. The number of hydrogen-bond acceptors (Lipinski definition) is 11. The lowest BCUT2D eigenvalue weighted by molar-refractivity contribution is -0.134. The van der Waals surface area contributed by atoms with Crippen molar-refractivity contribution in [1.82, 2.24) is 64.0 Å². The third kappa shape index (κ3) is 12.4. The van der Waals surface area contributed by atoms with E-state index in [4.69, 9.17) is 24.3 Å². The number of fused-ring (bicyclic) bond motifs is 6. The van der Waals surface area contributed by atoms with Crippen LogP contribution in [-0.4, -0.2) is 141 Å². The van der Waals surface area contributed by atoms with Gasteiger partial charge < -0.3 is 42.8 Å². The van der Waals surface area contributed by atoms with Crippen LogP contribution in [0.1, 0.15) is 105 Å². The fourth-order valence-corrected chi connectivity index (χ4v) is 16.8. The predicted octanol–water partition coefficient (Wildman–Crippen LogP) is 16.7. The lowest BCUT2D eigenvalue weighted by atomic mass is 9.89. The summed E-state index contributed by atoms with van der Waals surface area (Å²) in [5.74, 6) is 1.30. The standard InChI is InChI=1S/C29H28FN5O.C28H27FN6O2.C27H24FN3O2/c30-22-4-6-23(7-5-22)35-26-15-21-18-32-33-25(21)16-24(26)28(29(35)19-9-13-36-14-10-19)20-3-8-27(31-17-20)34-11-1-2-12-34;1-17(36)33-15-23(16-33)34-14-20(13-31-34)27-24-11-25-19(12-30-32-25)10-26(24)35(22-4-2-21(29)3-5-22)28(27)18-6-8-37-9-7-18;28-21-5-7-22(8-6-21)31-25-13-20-15-29-30-24(20)14-23(25)26(18-3-1-17(16-32)2-4-18)27(31)19-9-11-33-12-10-19/h3-8,15-19H,1-2,9-14H2,(H,32,33);2-5,10-14,18,23H,6-9,15-16H2,1H3,(H,30,32);1-8,13-15,19,32H,9-12,16H2,(H,29,30). The van der Waals surface area contributed by atoms with Gasteiger partial charge in [0.05, 0.1) is 70.5 Å². The van der Waals surface area contributed by atoms with E-state index in [1.54, 1.807) is 6.92 Å². The SMILES string of the molecule is CC(=O)N1CC(n2cc(-c3c(C4CCOCC4)n(-c4ccc(F)cc4)c4cc5cn[nH]c5cc34)cn2)C1.Fc1ccc(-n2c(C3CCOCC3)c(-c3ccc(N4CCCC4)nc3)c3cc4[nH]ncc4cc32)cc1.OCc1ccc(-c2c(C3CCOCC3)n(-c3ccc(F)cc3)c3cc4cn[nH]c4cc23)cc1. The first-order valence-electron chi connectivity index (χ1n) is 36.8. The average Bonchev–Trinajstić information content (AvgIpc) is 1.58. The Balaban J connectivity index is 0.000000113. The highest BCUT2D eigenvalue weighted by Gasteiger charge is 2.35. The number of aliphatic hydroxyl groups excluding tert-OH is 1. The Bertz CT molecular complexity index is 5690. The number of likely N-dealkylation sites (tertiary alicyclic amines) is 1. The van der Waals surface area contributed by atoms with Crippen molar-refractivity contribution in [3.63, 3.8) is 0 Å². The third-order valence-electron chi connectivity index (χ3n) is 22.2. The zero-order chi connectivity index (χ0) is 71.5. The van der Waals surface area contributed by atoms with E-state index >= 15 is 0 Å². The van der Waals surface area contributed by atoms with Crippen molar-refractivity contribution in [1.29, 1.82) is 0 Å². The summed E-state index contributed by atoms with van der Waals surface area (Å²) >= 11 is 0. The molecular weight excluding hydrogens is 1340 g/mol. The van der Waals surface area contributed by atoms with E-state index in [1.807, 2.05) is 89.1 Å². The number of hydrogen-bond donors (Lipinski definition) is 4. The molecule has 0 atom stereocenters. The highest BCUT2D eigenvalue weighted by atomic mass is 19.1. The number of nitrogens with zero attached hydrogens (tertiary/aromatic N) is 11. The van der Waals surface area contributed by atoms with E-state index in [-0.39, 0.29) is 41.9 Å². The summed E-state index contributed by atoms with van der Waals surface area (Å²) < 4.78 is 67.7. The number of aromatic nitrogens is 12. The number of pyridine rings is 1. The minimum Gasteiger partial charge on any atom is -0.392 e. The number of H-pyrrole nitrogens is 3. The summed E-state index contributed by atoms with van der Waals surface area (Å²) in [5, 5.41) is 42.8. The molecule has 5 fully saturated rings. The molecule has 0 spiro atoms. The molecule has 13 heterocycles. The largest absolute Gasteiger partial charge is 0.392 e. The number of amides is 1. The predicted molar refractivity (Wildman–Crippen MR) is 406 cm³/mol. The van der Waals surface area contributed by atoms with E-state index in [1.165, 1.54) is 77.4 Å². The minimum atomic E-state index is -0.258. The van der Waals surface area contributed by atoms with Crippen LogP contribution in [-0.2, 0) is 25.6 Å². The topological polar surface area (TPSA) is 203 Å². The maximum absolute atomic E-state index is 13.9. The molecule has 536 valence electrons. The first kappa shape index (κ1) is 66.8. The molecule has 1 amide bonds. The number of aromatic amines is 3. The summed E-state index contributed by atoms with van der Waals surface area (Å²) in [6.45, 7) is 9.46. The van der Waals surface area contributed by atoms with Gasteiger partial charge in [-0.3, -0.25) is 24.8 Å². The van der Waals surface area contributed by atoms with Crippen LogP contribution in [0.5, 0.6) is 0 Å². The van der Waals surface area contributed by atoms with Gasteiger partial charge in [0.1, 0.15) is 23.3 Å². The Morgan fingerprint density at radius 2 is 0.877 bits per heavy atom. The summed E-state index contributed by atoms with van der Waals surface area (Å²) in [6.07, 6.45) is 19.6. The Morgan fingerprint density at radius 1 is 0.481 bits per heavy atom. The highest BCUT2D eigenvalue weighted by molar-refractivity contribution is 6.08. The molecule has 5 aliphatic rings. The van der Waals surface area contributed by atoms with Gasteiger partial charge in [0.15, 0.2) is 0 Å². The summed E-state index contributed by atoms with van der Waals surface area (Å²) in [7, 11) is 0. The first-order chi connectivity index (χ1) is 52.0. The Kier molecular flexibility index (Phi) is 17.9. The van der Waals surface area contributed by atoms with Crippen molar-refractivity contribution in [2.24, 2.45) is 0 Å². The second-order valence-corrected chi connectivity index (χ2v) is 28.6. The van der Waals surface area contributed by atoms with E-state index in [0.29, 0.717) is 38.1 Å². The number of carbonyl (C=O) groups is 1. The zero-order valence-electron chi connectivity index (χ0n) is 58.7. The van der Waals surface area contributed by atoms with Crippen molar-refractivity contribution in [3.05, 3.63) is 223 Å². The molecule has 8 aromatic heterocycles. The van der Waals surface area contributed by atoms with Gasteiger partial charge in [-0.2, -0.15) is 20.4 Å². The number of rotatable bonds is 12. The smallest absolute Gasteiger partial charge is 0.219 e. The van der Waals surface area contributed by atoms with Gasteiger partial charge in [0.2, 0.25) is 5.91 Å². The Morgan fingerprint density at radius 3 is 1.26 bits per heavy atom. The van der Waals surface area contributed by atoms with E-state index < -0.39 is 0 Å². The quantitative estimate of drug-likeness (QED) is 0.0906. The van der Waals surface area contributed by atoms with Crippen LogP contribution in [0.2, 0.25) is 0 Å². The summed E-state index contributed by atoms with van der Waals surface area (Å²) in [6, 6.07) is 45.9. The van der Waals surface area contributed by atoms with Crippen LogP contribution in [0, 0.1) is 17.5 Å². The Labute approximate surface area is 608 Å². The number of nitrogens with one attached hydrogen (secondary N) is 3. The normalized spacial score (nSPS) is 16.4. The minimum absolute atomic E-state index is 0.0131. The van der Waals surface area contributed by atoms with Crippen molar-refractivity contribution < 1.29 is 37.3 Å². The zero-order valence-corrected chi connectivity index (χ0v) is 58.7. The van der Waals surface area contributed by atoms with Gasteiger partial charge >= 0.3 is 0 Å². The molecule has 0 unspecified atom stereocenters. The van der Waals surface area contributed by atoms with E-state index in [2.05, 4.69) is 116 Å². The molecule has 19 nitrogen and oxygen atoms in total. The lowest BCUT2D eigenvalue weighted by Gasteiger charge is -2.38. The van der Waals surface area contributed by atoms with E-state index in [9.17, 15) is 23.1 Å². The second kappa shape index (κ2) is 28.4. The molecule has 4 N–H and O–H groups in total. The number of ether oxygens (including phenoxy) is 3. The lowest BCUT2D eigenvalue weighted by Crippen LogP contribution is -2.49. The molecule has 106 heavy (non-hydrogen) atoms. The van der Waals surface area contributed by atoms with Gasteiger partial charge in [0.25, 0.3) is 0 Å². The van der Waals surface area contributed by atoms with Crippen LogP contribution < -0.4 is 4.90 Å². The number of carbonyl (C=O) groups excluding carboxylic acids is 1. The monoisotopic (exact) mass is 1420 g/mol.